The maximum absolute atomic E-state index is 13.2. The van der Waals surface area contributed by atoms with E-state index in [-0.39, 0.29) is 24.2 Å². The monoisotopic (exact) mass is 456 g/mol. The third-order valence-electron chi connectivity index (χ3n) is 5.88. The van der Waals surface area contributed by atoms with Gasteiger partial charge >= 0.3 is 0 Å². The summed E-state index contributed by atoms with van der Waals surface area (Å²) in [6, 6.07) is 8.31. The standard InChI is InChI=1S/C24H29ClN4O3/c1-16-11-17(2)14-28(13-16)10-4-9-26-22(30)15-29-20-12-18(25)6-7-21(20)32-23-19(24(29)31)5-3-8-27-23/h3,5-8,12,16-17H,4,9-11,13-15H2,1-2H3,(H,26,30)/t16-,17-/m1/s1. The summed E-state index contributed by atoms with van der Waals surface area (Å²) in [6.45, 7) is 8.23. The van der Waals surface area contributed by atoms with Crippen molar-refractivity contribution in [3.05, 3.63) is 47.1 Å². The van der Waals surface area contributed by atoms with Crippen molar-refractivity contribution in [3.8, 4) is 11.6 Å². The third kappa shape index (κ3) is 5.22. The lowest BCUT2D eigenvalue weighted by molar-refractivity contribution is -0.119. The fourth-order valence-corrected chi connectivity index (χ4v) is 4.81. The van der Waals surface area contributed by atoms with Crippen molar-refractivity contribution in [1.29, 1.82) is 0 Å². The van der Waals surface area contributed by atoms with E-state index in [0.29, 0.717) is 40.4 Å². The van der Waals surface area contributed by atoms with Crippen molar-refractivity contribution < 1.29 is 14.3 Å². The molecule has 1 saturated heterocycles. The number of anilines is 1. The molecular formula is C24H29ClN4O3. The van der Waals surface area contributed by atoms with Gasteiger partial charge in [-0.25, -0.2) is 4.98 Å². The Morgan fingerprint density at radius 3 is 2.81 bits per heavy atom. The van der Waals surface area contributed by atoms with Gasteiger partial charge in [0.15, 0.2) is 5.75 Å². The Kier molecular flexibility index (Phi) is 6.96. The van der Waals surface area contributed by atoms with E-state index in [0.717, 1.165) is 26.1 Å². The van der Waals surface area contributed by atoms with Crippen LogP contribution < -0.4 is 15.0 Å². The Bertz CT molecular complexity index is 989. The zero-order valence-electron chi connectivity index (χ0n) is 18.5. The number of pyridine rings is 1. The van der Waals surface area contributed by atoms with Gasteiger partial charge in [0.05, 0.1) is 5.69 Å². The molecule has 0 saturated carbocycles. The van der Waals surface area contributed by atoms with Gasteiger partial charge in [-0.05, 0) is 61.6 Å². The predicted octanol–water partition coefficient (Wildman–Crippen LogP) is 3.97. The van der Waals surface area contributed by atoms with Gasteiger partial charge in [-0.15, -0.1) is 0 Å². The molecule has 0 aliphatic carbocycles. The second-order valence-electron chi connectivity index (χ2n) is 8.87. The van der Waals surface area contributed by atoms with Crippen molar-refractivity contribution in [2.45, 2.75) is 26.7 Å². The molecule has 2 aliphatic rings. The molecule has 8 heteroatoms. The molecule has 4 rings (SSSR count). The quantitative estimate of drug-likeness (QED) is 0.665. The molecule has 0 unspecified atom stereocenters. The van der Waals surface area contributed by atoms with Crippen LogP contribution in [0.3, 0.4) is 0 Å². The second kappa shape index (κ2) is 9.88. The number of nitrogens with zero attached hydrogens (tertiary/aromatic N) is 3. The molecule has 1 fully saturated rings. The summed E-state index contributed by atoms with van der Waals surface area (Å²) < 4.78 is 5.85. The van der Waals surface area contributed by atoms with Crippen molar-refractivity contribution in [2.75, 3.05) is 37.6 Å². The lowest BCUT2D eigenvalue weighted by Crippen LogP contribution is -2.42. The van der Waals surface area contributed by atoms with Gasteiger partial charge in [0, 0.05) is 30.9 Å². The number of halogens is 1. The fraction of sp³-hybridized carbons (Fsp3) is 0.458. The normalized spacial score (nSPS) is 20.7. The van der Waals surface area contributed by atoms with Crippen LogP contribution in [-0.4, -0.2) is 54.4 Å². The fourth-order valence-electron chi connectivity index (χ4n) is 4.64. The first-order valence-electron chi connectivity index (χ1n) is 11.1. The first-order chi connectivity index (χ1) is 15.4. The minimum absolute atomic E-state index is 0.123. The van der Waals surface area contributed by atoms with E-state index in [1.807, 2.05) is 0 Å². The van der Waals surface area contributed by atoms with Crippen LogP contribution in [0.15, 0.2) is 36.5 Å². The summed E-state index contributed by atoms with van der Waals surface area (Å²) in [4.78, 5) is 34.0. The van der Waals surface area contributed by atoms with Crippen LogP contribution in [-0.2, 0) is 4.79 Å². The number of nitrogens with one attached hydrogen (secondary N) is 1. The summed E-state index contributed by atoms with van der Waals surface area (Å²) in [6.07, 6.45) is 3.72. The average molecular weight is 457 g/mol. The largest absolute Gasteiger partial charge is 0.436 e. The van der Waals surface area contributed by atoms with Gasteiger partial charge in [-0.2, -0.15) is 0 Å². The van der Waals surface area contributed by atoms with Crippen LogP contribution in [0.25, 0.3) is 0 Å². The zero-order chi connectivity index (χ0) is 22.7. The Morgan fingerprint density at radius 2 is 2.03 bits per heavy atom. The van der Waals surface area contributed by atoms with Crippen molar-refractivity contribution in [2.24, 2.45) is 11.8 Å². The molecule has 3 heterocycles. The number of carbonyl (C=O) groups is 2. The van der Waals surface area contributed by atoms with Crippen molar-refractivity contribution in [3.63, 3.8) is 0 Å². The number of amides is 2. The zero-order valence-corrected chi connectivity index (χ0v) is 19.3. The number of hydrogen-bond acceptors (Lipinski definition) is 5. The molecule has 2 aliphatic heterocycles. The summed E-state index contributed by atoms with van der Waals surface area (Å²) in [5.74, 6) is 1.51. The maximum Gasteiger partial charge on any atom is 0.264 e. The lowest BCUT2D eigenvalue weighted by atomic mass is 9.92. The second-order valence-corrected chi connectivity index (χ2v) is 9.31. The van der Waals surface area contributed by atoms with Crippen LogP contribution >= 0.6 is 11.6 Å². The molecular weight excluding hydrogens is 428 g/mol. The van der Waals surface area contributed by atoms with E-state index < -0.39 is 0 Å². The maximum atomic E-state index is 13.2. The molecule has 170 valence electrons. The molecule has 0 radical (unpaired) electrons. The Hall–Kier alpha value is -2.64. The van der Waals surface area contributed by atoms with Crippen LogP contribution in [0.2, 0.25) is 5.02 Å². The number of ether oxygens (including phenoxy) is 1. The summed E-state index contributed by atoms with van der Waals surface area (Å²) >= 11 is 6.17. The average Bonchev–Trinajstić information content (AvgIpc) is 2.86. The smallest absolute Gasteiger partial charge is 0.264 e. The van der Waals surface area contributed by atoms with Gasteiger partial charge in [0.25, 0.3) is 5.91 Å². The lowest BCUT2D eigenvalue weighted by Gasteiger charge is -2.34. The van der Waals surface area contributed by atoms with E-state index in [2.05, 4.69) is 29.0 Å². The van der Waals surface area contributed by atoms with Gasteiger partial charge < -0.3 is 15.0 Å². The predicted molar refractivity (Wildman–Crippen MR) is 124 cm³/mol. The molecule has 0 spiro atoms. The molecule has 7 nitrogen and oxygen atoms in total. The van der Waals surface area contributed by atoms with Crippen LogP contribution in [0.5, 0.6) is 11.6 Å². The highest BCUT2D eigenvalue weighted by atomic mass is 35.5. The Balaban J connectivity index is 1.39. The Morgan fingerprint density at radius 1 is 1.25 bits per heavy atom. The van der Waals surface area contributed by atoms with Gasteiger partial charge in [0.1, 0.15) is 12.1 Å². The van der Waals surface area contributed by atoms with E-state index in [9.17, 15) is 9.59 Å². The molecule has 1 aromatic carbocycles. The Labute approximate surface area is 193 Å². The van der Waals surface area contributed by atoms with Crippen molar-refractivity contribution >= 4 is 29.1 Å². The highest BCUT2D eigenvalue weighted by molar-refractivity contribution is 6.31. The number of benzene rings is 1. The number of piperidine rings is 1. The SMILES string of the molecule is C[C@@H]1C[C@@H](C)CN(CCCNC(=O)CN2C(=O)c3cccnc3Oc3ccc(Cl)cc32)C1. The number of carbonyl (C=O) groups excluding carboxylic acids is 2. The molecule has 2 atom stereocenters. The highest BCUT2D eigenvalue weighted by Gasteiger charge is 2.30. The topological polar surface area (TPSA) is 74.8 Å². The molecule has 1 aromatic heterocycles. The number of fused-ring (bicyclic) bond motifs is 2. The molecule has 0 bridgehead atoms. The number of hydrogen-bond donors (Lipinski definition) is 1. The van der Waals surface area contributed by atoms with Gasteiger partial charge in [-0.3, -0.25) is 14.5 Å². The third-order valence-corrected chi connectivity index (χ3v) is 6.12. The molecule has 2 aromatic rings. The van der Waals surface area contributed by atoms with Crippen LogP contribution in [0, 0.1) is 11.8 Å². The summed E-state index contributed by atoms with van der Waals surface area (Å²) in [5, 5.41) is 3.41. The number of likely N-dealkylation sites (tertiary alicyclic amines) is 1. The van der Waals surface area contributed by atoms with E-state index in [1.54, 1.807) is 36.5 Å². The first-order valence-corrected chi connectivity index (χ1v) is 11.5. The highest BCUT2D eigenvalue weighted by Crippen LogP contribution is 2.39. The first kappa shape index (κ1) is 22.6. The number of aromatic nitrogens is 1. The summed E-state index contributed by atoms with van der Waals surface area (Å²) in [5.41, 5.74) is 0.757. The molecule has 2 amide bonds. The molecule has 32 heavy (non-hydrogen) atoms. The summed E-state index contributed by atoms with van der Waals surface area (Å²) in [7, 11) is 0. The molecule has 1 N–H and O–H groups in total. The van der Waals surface area contributed by atoms with E-state index in [4.69, 9.17) is 16.3 Å². The number of rotatable bonds is 6. The van der Waals surface area contributed by atoms with E-state index in [1.165, 1.54) is 11.3 Å². The van der Waals surface area contributed by atoms with Gasteiger partial charge in [0.2, 0.25) is 11.8 Å². The van der Waals surface area contributed by atoms with E-state index >= 15 is 0 Å². The van der Waals surface area contributed by atoms with Crippen molar-refractivity contribution in [1.82, 2.24) is 15.2 Å². The minimum Gasteiger partial charge on any atom is -0.436 e. The minimum atomic E-state index is -0.347. The van der Waals surface area contributed by atoms with Crippen LogP contribution in [0.1, 0.15) is 37.0 Å². The van der Waals surface area contributed by atoms with Crippen LogP contribution in [0.4, 0.5) is 5.69 Å². The van der Waals surface area contributed by atoms with Gasteiger partial charge in [-0.1, -0.05) is 25.4 Å².